The van der Waals surface area contributed by atoms with Gasteiger partial charge in [0.15, 0.2) is 5.16 Å². The molecule has 10 heteroatoms. The van der Waals surface area contributed by atoms with E-state index >= 15 is 0 Å². The van der Waals surface area contributed by atoms with E-state index < -0.39 is 0 Å². The molecule has 0 saturated heterocycles. The SMILES string of the molecule is CCCCn1c(=O)c2ccccc2n2c(SCc3nc(-c4ccsc4)no3)nnc12. The average Bonchev–Trinajstić information content (AvgIpc) is 3.52. The molecule has 0 bridgehead atoms. The number of fused-ring (bicyclic) bond motifs is 3. The topological polar surface area (TPSA) is 91.1 Å². The van der Waals surface area contributed by atoms with Crippen molar-refractivity contribution in [2.24, 2.45) is 0 Å². The molecular formula is C20H18N6O2S2. The van der Waals surface area contributed by atoms with Gasteiger partial charge in [0.1, 0.15) is 0 Å². The molecule has 4 heterocycles. The van der Waals surface area contributed by atoms with Gasteiger partial charge in [-0.15, -0.1) is 10.2 Å². The van der Waals surface area contributed by atoms with Gasteiger partial charge in [-0.05, 0) is 30.0 Å². The zero-order chi connectivity index (χ0) is 20.5. The summed E-state index contributed by atoms with van der Waals surface area (Å²) in [5.41, 5.74) is 1.70. The minimum Gasteiger partial charge on any atom is -0.338 e. The molecule has 0 spiro atoms. The van der Waals surface area contributed by atoms with Crippen LogP contribution in [-0.2, 0) is 12.3 Å². The Balaban J connectivity index is 1.52. The predicted molar refractivity (Wildman–Crippen MR) is 117 cm³/mol. The molecule has 1 aromatic carbocycles. The summed E-state index contributed by atoms with van der Waals surface area (Å²) in [5.74, 6) is 2.11. The number of para-hydroxylation sites is 1. The Bertz CT molecular complexity index is 1370. The quantitative estimate of drug-likeness (QED) is 0.351. The van der Waals surface area contributed by atoms with Gasteiger partial charge in [-0.3, -0.25) is 13.8 Å². The molecule has 0 radical (unpaired) electrons. The molecule has 0 unspecified atom stereocenters. The third-order valence-electron chi connectivity index (χ3n) is 4.79. The minimum atomic E-state index is -0.0344. The van der Waals surface area contributed by atoms with E-state index in [2.05, 4.69) is 27.3 Å². The molecule has 0 aliphatic carbocycles. The third kappa shape index (κ3) is 3.31. The van der Waals surface area contributed by atoms with Crippen LogP contribution in [0.15, 0.2) is 55.6 Å². The second-order valence-electron chi connectivity index (χ2n) is 6.76. The van der Waals surface area contributed by atoms with Gasteiger partial charge >= 0.3 is 0 Å². The van der Waals surface area contributed by atoms with Gasteiger partial charge in [-0.2, -0.15) is 16.3 Å². The van der Waals surface area contributed by atoms with E-state index in [1.54, 1.807) is 15.9 Å². The molecule has 5 rings (SSSR count). The maximum Gasteiger partial charge on any atom is 0.262 e. The highest BCUT2D eigenvalue weighted by Gasteiger charge is 2.18. The molecule has 4 aromatic heterocycles. The van der Waals surface area contributed by atoms with Gasteiger partial charge in [0.2, 0.25) is 17.5 Å². The summed E-state index contributed by atoms with van der Waals surface area (Å²) in [5, 5.41) is 18.0. The van der Waals surface area contributed by atoms with E-state index in [9.17, 15) is 4.79 Å². The summed E-state index contributed by atoms with van der Waals surface area (Å²) in [6, 6.07) is 9.51. The zero-order valence-electron chi connectivity index (χ0n) is 16.2. The first-order chi connectivity index (χ1) is 14.8. The Kier molecular flexibility index (Phi) is 5.09. The fourth-order valence-electron chi connectivity index (χ4n) is 3.29. The molecule has 0 atom stereocenters. The third-order valence-corrected chi connectivity index (χ3v) is 6.38. The molecule has 0 saturated carbocycles. The van der Waals surface area contributed by atoms with Crippen molar-refractivity contribution in [1.82, 2.24) is 29.3 Å². The highest BCUT2D eigenvalue weighted by molar-refractivity contribution is 7.98. The number of thiophene rings is 1. The first-order valence-corrected chi connectivity index (χ1v) is 11.5. The standard InChI is InChI=1S/C20H18N6O2S2/c1-2-3-9-25-18(27)14-6-4-5-7-15(14)26-19(25)22-23-20(26)30-12-16-21-17(24-28-16)13-8-10-29-11-13/h4-8,10-11H,2-3,9,12H2,1H3. The first kappa shape index (κ1) is 19.0. The molecule has 152 valence electrons. The van der Waals surface area contributed by atoms with Crippen LogP contribution in [0.25, 0.3) is 28.1 Å². The lowest BCUT2D eigenvalue weighted by atomic mass is 10.2. The van der Waals surface area contributed by atoms with Gasteiger partial charge in [0.25, 0.3) is 5.56 Å². The minimum absolute atomic E-state index is 0.0344. The van der Waals surface area contributed by atoms with Crippen LogP contribution in [0.3, 0.4) is 0 Å². The number of hydrogen-bond donors (Lipinski definition) is 0. The van der Waals surface area contributed by atoms with Crippen molar-refractivity contribution >= 4 is 39.8 Å². The van der Waals surface area contributed by atoms with Crippen LogP contribution in [0.2, 0.25) is 0 Å². The molecule has 0 aliphatic rings. The van der Waals surface area contributed by atoms with Crippen molar-refractivity contribution in [1.29, 1.82) is 0 Å². The Morgan fingerprint density at radius 1 is 1.20 bits per heavy atom. The fraction of sp³-hybridized carbons (Fsp3) is 0.250. The monoisotopic (exact) mass is 438 g/mol. The summed E-state index contributed by atoms with van der Waals surface area (Å²) < 4.78 is 9.04. The number of hydrogen-bond acceptors (Lipinski definition) is 8. The van der Waals surface area contributed by atoms with E-state index in [1.807, 2.05) is 45.5 Å². The Hall–Kier alpha value is -2.98. The Morgan fingerprint density at radius 2 is 2.10 bits per heavy atom. The average molecular weight is 439 g/mol. The van der Waals surface area contributed by atoms with Crippen LogP contribution < -0.4 is 5.56 Å². The highest BCUT2D eigenvalue weighted by Crippen LogP contribution is 2.26. The summed E-state index contributed by atoms with van der Waals surface area (Å²) in [4.78, 5) is 17.5. The number of rotatable bonds is 7. The van der Waals surface area contributed by atoms with E-state index in [0.29, 0.717) is 40.3 Å². The van der Waals surface area contributed by atoms with Gasteiger partial charge in [0.05, 0.1) is 16.7 Å². The van der Waals surface area contributed by atoms with E-state index in [4.69, 9.17) is 4.52 Å². The van der Waals surface area contributed by atoms with Crippen molar-refractivity contribution < 1.29 is 4.52 Å². The van der Waals surface area contributed by atoms with Crippen LogP contribution >= 0.6 is 23.1 Å². The van der Waals surface area contributed by atoms with Crippen LogP contribution in [0.1, 0.15) is 25.7 Å². The maximum absolute atomic E-state index is 13.0. The molecule has 8 nitrogen and oxygen atoms in total. The predicted octanol–water partition coefficient (Wildman–Crippen LogP) is 4.25. The number of nitrogens with zero attached hydrogens (tertiary/aromatic N) is 6. The summed E-state index contributed by atoms with van der Waals surface area (Å²) >= 11 is 3.04. The van der Waals surface area contributed by atoms with Crippen molar-refractivity contribution in [2.45, 2.75) is 37.2 Å². The number of aryl methyl sites for hydroxylation is 1. The largest absolute Gasteiger partial charge is 0.338 e. The smallest absolute Gasteiger partial charge is 0.262 e. The molecule has 0 fully saturated rings. The molecular weight excluding hydrogens is 420 g/mol. The van der Waals surface area contributed by atoms with Crippen molar-refractivity contribution in [2.75, 3.05) is 0 Å². The molecule has 0 aliphatic heterocycles. The van der Waals surface area contributed by atoms with Gasteiger partial charge < -0.3 is 4.52 Å². The van der Waals surface area contributed by atoms with Gasteiger partial charge in [0, 0.05) is 17.5 Å². The second kappa shape index (κ2) is 8.04. The zero-order valence-corrected chi connectivity index (χ0v) is 17.8. The maximum atomic E-state index is 13.0. The summed E-state index contributed by atoms with van der Waals surface area (Å²) in [6.45, 7) is 2.71. The highest BCUT2D eigenvalue weighted by atomic mass is 32.2. The number of unbranched alkanes of at least 4 members (excludes halogenated alkanes) is 1. The normalized spacial score (nSPS) is 11.6. The van der Waals surface area contributed by atoms with E-state index in [0.717, 1.165) is 23.9 Å². The number of aromatic nitrogens is 6. The summed E-state index contributed by atoms with van der Waals surface area (Å²) in [7, 11) is 0. The fourth-order valence-corrected chi connectivity index (χ4v) is 4.71. The Morgan fingerprint density at radius 3 is 2.93 bits per heavy atom. The number of thioether (sulfide) groups is 1. The van der Waals surface area contributed by atoms with Crippen LogP contribution in [0.5, 0.6) is 0 Å². The lowest BCUT2D eigenvalue weighted by Crippen LogP contribution is -2.23. The first-order valence-electron chi connectivity index (χ1n) is 9.61. The van der Waals surface area contributed by atoms with Gasteiger partial charge in [-0.25, -0.2) is 0 Å². The van der Waals surface area contributed by atoms with Crippen molar-refractivity contribution in [3.8, 4) is 11.4 Å². The number of benzene rings is 1. The molecule has 0 N–H and O–H groups in total. The van der Waals surface area contributed by atoms with Crippen LogP contribution in [0.4, 0.5) is 0 Å². The van der Waals surface area contributed by atoms with Crippen LogP contribution in [0, 0.1) is 0 Å². The molecule has 0 amide bonds. The lowest BCUT2D eigenvalue weighted by Gasteiger charge is -2.10. The molecule has 5 aromatic rings. The van der Waals surface area contributed by atoms with Crippen molar-refractivity contribution in [3.05, 3.63) is 57.3 Å². The van der Waals surface area contributed by atoms with Crippen LogP contribution in [-0.4, -0.2) is 29.3 Å². The van der Waals surface area contributed by atoms with E-state index in [-0.39, 0.29) is 5.56 Å². The van der Waals surface area contributed by atoms with Gasteiger partial charge in [-0.1, -0.05) is 42.4 Å². The Labute approximate surface area is 179 Å². The lowest BCUT2D eigenvalue weighted by molar-refractivity contribution is 0.391. The van der Waals surface area contributed by atoms with Crippen molar-refractivity contribution in [3.63, 3.8) is 0 Å². The van der Waals surface area contributed by atoms with E-state index in [1.165, 1.54) is 11.8 Å². The summed E-state index contributed by atoms with van der Waals surface area (Å²) in [6.07, 6.45) is 1.89. The second-order valence-corrected chi connectivity index (χ2v) is 8.48. The molecule has 30 heavy (non-hydrogen) atoms.